The summed E-state index contributed by atoms with van der Waals surface area (Å²) >= 11 is 0. The molecule has 0 spiro atoms. The third-order valence-corrected chi connectivity index (χ3v) is 11.6. The van der Waals surface area contributed by atoms with Gasteiger partial charge in [0.2, 0.25) is 5.91 Å². The minimum atomic E-state index is -1.35. The number of nitrogens with zero attached hydrogens (tertiary/aromatic N) is 1. The standard InChI is InChI=1S/C53H92N2O13/c1-3-5-7-9-11-13-15-17-19-21-23-25-27-29-31-36-50(61)66-43-45(68-52(63)37-32-30-28-26-24-22-20-18-16-14-12-10-8-6-4-2)44-67-51(62)39-38-47(56)54-40-34-33-35-46(53(64)65)55(41-48(57)58)42-49(59)60/h17-20,45-46H,3-16,21-44H2,1-2H3,(H,54,56)(H,57,58)(H,59,60)(H,64,65)/b19-17-,20-18-/t45-,46+/m1/s1. The average molecular weight is 965 g/mol. The summed E-state index contributed by atoms with van der Waals surface area (Å²) < 4.78 is 16.4. The van der Waals surface area contributed by atoms with E-state index in [9.17, 15) is 38.7 Å². The molecular weight excluding hydrogens is 873 g/mol. The number of ether oxygens (including phenoxy) is 3. The van der Waals surface area contributed by atoms with Crippen molar-refractivity contribution in [3.63, 3.8) is 0 Å². The van der Waals surface area contributed by atoms with E-state index in [1.54, 1.807) is 0 Å². The van der Waals surface area contributed by atoms with E-state index in [0.717, 1.165) is 81.9 Å². The molecule has 2 atom stereocenters. The molecule has 0 unspecified atom stereocenters. The molecule has 0 fully saturated rings. The zero-order valence-electron chi connectivity index (χ0n) is 42.2. The second kappa shape index (κ2) is 46.5. The summed E-state index contributed by atoms with van der Waals surface area (Å²) in [7, 11) is 0. The SMILES string of the molecule is CCCCCCCC/C=C\CCCCCCCC(=O)OC[C@H](COC(=O)CCC(=O)NCCCC[C@@H](C(=O)O)N(CC(=O)O)CC(=O)O)OC(=O)CCCCCCC/C=C\CCCCCCCC. The normalized spacial score (nSPS) is 12.3. The fraction of sp³-hybridized carbons (Fsp3) is 0.792. The molecule has 0 bridgehead atoms. The average Bonchev–Trinajstić information content (AvgIpc) is 3.29. The van der Waals surface area contributed by atoms with Gasteiger partial charge >= 0.3 is 35.8 Å². The maximum Gasteiger partial charge on any atom is 0.320 e. The van der Waals surface area contributed by atoms with Crippen LogP contribution in [0.25, 0.3) is 0 Å². The molecule has 15 heteroatoms. The van der Waals surface area contributed by atoms with Crippen LogP contribution in [0.2, 0.25) is 0 Å². The van der Waals surface area contributed by atoms with Crippen molar-refractivity contribution in [3.05, 3.63) is 24.3 Å². The Morgan fingerprint density at radius 1 is 0.471 bits per heavy atom. The van der Waals surface area contributed by atoms with Crippen molar-refractivity contribution in [2.75, 3.05) is 32.8 Å². The second-order valence-electron chi connectivity index (χ2n) is 18.0. The second-order valence-corrected chi connectivity index (χ2v) is 18.0. The summed E-state index contributed by atoms with van der Waals surface area (Å²) in [5, 5.41) is 30.3. The van der Waals surface area contributed by atoms with Crippen LogP contribution < -0.4 is 5.32 Å². The largest absolute Gasteiger partial charge is 0.480 e. The van der Waals surface area contributed by atoms with Gasteiger partial charge in [0.15, 0.2) is 6.10 Å². The minimum Gasteiger partial charge on any atom is -0.480 e. The molecule has 0 saturated carbocycles. The number of nitrogens with one attached hydrogen (secondary N) is 1. The van der Waals surface area contributed by atoms with E-state index in [2.05, 4.69) is 43.5 Å². The van der Waals surface area contributed by atoms with Crippen LogP contribution in [0, 0.1) is 0 Å². The van der Waals surface area contributed by atoms with Crippen LogP contribution in [0.1, 0.15) is 226 Å². The lowest BCUT2D eigenvalue weighted by Gasteiger charge is -2.25. The highest BCUT2D eigenvalue weighted by molar-refractivity contribution is 5.81. The molecule has 0 radical (unpaired) electrons. The summed E-state index contributed by atoms with van der Waals surface area (Å²) in [6.07, 6.45) is 38.3. The lowest BCUT2D eigenvalue weighted by molar-refractivity contribution is -0.167. The molecule has 68 heavy (non-hydrogen) atoms. The Morgan fingerprint density at radius 3 is 1.29 bits per heavy atom. The van der Waals surface area contributed by atoms with Gasteiger partial charge in [-0.3, -0.25) is 38.5 Å². The molecule has 0 aliphatic rings. The maximum atomic E-state index is 12.8. The van der Waals surface area contributed by atoms with E-state index in [0.29, 0.717) is 19.3 Å². The molecule has 0 rings (SSSR count). The van der Waals surface area contributed by atoms with Gasteiger partial charge in [-0.05, 0) is 83.5 Å². The van der Waals surface area contributed by atoms with E-state index in [-0.39, 0.29) is 58.3 Å². The highest BCUT2D eigenvalue weighted by Gasteiger charge is 2.28. The monoisotopic (exact) mass is 965 g/mol. The molecule has 0 saturated heterocycles. The number of carbonyl (C=O) groups is 7. The zero-order valence-corrected chi connectivity index (χ0v) is 42.2. The third kappa shape index (κ3) is 43.0. The zero-order chi connectivity index (χ0) is 50.3. The van der Waals surface area contributed by atoms with Crippen LogP contribution in [0.3, 0.4) is 0 Å². The fourth-order valence-electron chi connectivity index (χ4n) is 7.64. The topological polar surface area (TPSA) is 223 Å². The Kier molecular flexibility index (Phi) is 43.5. The first-order valence-electron chi connectivity index (χ1n) is 26.4. The molecule has 0 aromatic heterocycles. The van der Waals surface area contributed by atoms with Crippen LogP contribution in [0.4, 0.5) is 0 Å². The first kappa shape index (κ1) is 63.7. The molecule has 4 N–H and O–H groups in total. The van der Waals surface area contributed by atoms with Crippen molar-refractivity contribution >= 4 is 41.7 Å². The smallest absolute Gasteiger partial charge is 0.320 e. The Morgan fingerprint density at radius 2 is 0.868 bits per heavy atom. The predicted molar refractivity (Wildman–Crippen MR) is 265 cm³/mol. The molecule has 0 aromatic rings. The lowest BCUT2D eigenvalue weighted by atomic mass is 10.1. The van der Waals surface area contributed by atoms with Crippen molar-refractivity contribution < 1.29 is 63.1 Å². The van der Waals surface area contributed by atoms with Crippen LogP contribution in [-0.2, 0) is 47.8 Å². The number of carboxylic acids is 3. The van der Waals surface area contributed by atoms with Gasteiger partial charge in [0.25, 0.3) is 0 Å². The van der Waals surface area contributed by atoms with Gasteiger partial charge in [-0.15, -0.1) is 0 Å². The molecule has 0 aromatic carbocycles. The van der Waals surface area contributed by atoms with Crippen LogP contribution in [-0.4, -0.2) is 107 Å². The van der Waals surface area contributed by atoms with E-state index in [4.69, 9.17) is 24.4 Å². The summed E-state index contributed by atoms with van der Waals surface area (Å²) in [6, 6.07) is -1.33. The van der Waals surface area contributed by atoms with Gasteiger partial charge in [-0.25, -0.2) is 0 Å². The number of amides is 1. The molecule has 0 aliphatic heterocycles. The van der Waals surface area contributed by atoms with Crippen molar-refractivity contribution in [1.29, 1.82) is 0 Å². The number of aliphatic carboxylic acids is 3. The summed E-state index contributed by atoms with van der Waals surface area (Å²) in [4.78, 5) is 85.3. The van der Waals surface area contributed by atoms with Gasteiger partial charge in [0.05, 0.1) is 19.5 Å². The highest BCUT2D eigenvalue weighted by Crippen LogP contribution is 2.14. The van der Waals surface area contributed by atoms with Gasteiger partial charge in [-0.2, -0.15) is 0 Å². The number of carboxylic acid groups (broad SMARTS) is 3. The van der Waals surface area contributed by atoms with Crippen molar-refractivity contribution in [2.45, 2.75) is 238 Å². The minimum absolute atomic E-state index is 0.0334. The van der Waals surface area contributed by atoms with Crippen LogP contribution in [0.15, 0.2) is 24.3 Å². The van der Waals surface area contributed by atoms with Gasteiger partial charge in [0, 0.05) is 25.8 Å². The van der Waals surface area contributed by atoms with Gasteiger partial charge in [-0.1, -0.05) is 141 Å². The summed E-state index contributed by atoms with van der Waals surface area (Å²) in [5.41, 5.74) is 0. The quantitative estimate of drug-likeness (QED) is 0.0193. The van der Waals surface area contributed by atoms with E-state index in [1.807, 2.05) is 0 Å². The van der Waals surface area contributed by atoms with E-state index in [1.165, 1.54) is 77.0 Å². The van der Waals surface area contributed by atoms with E-state index >= 15 is 0 Å². The fourth-order valence-corrected chi connectivity index (χ4v) is 7.64. The van der Waals surface area contributed by atoms with Gasteiger partial charge < -0.3 is 34.8 Å². The Labute approximate surface area is 409 Å². The summed E-state index contributed by atoms with van der Waals surface area (Å²) in [6.45, 7) is 2.51. The molecule has 1 amide bonds. The van der Waals surface area contributed by atoms with Crippen molar-refractivity contribution in [2.24, 2.45) is 0 Å². The van der Waals surface area contributed by atoms with Crippen LogP contribution >= 0.6 is 0 Å². The number of allylic oxidation sites excluding steroid dienone is 4. The number of hydrogen-bond acceptors (Lipinski definition) is 11. The molecule has 0 aliphatic carbocycles. The van der Waals surface area contributed by atoms with Crippen molar-refractivity contribution in [1.82, 2.24) is 10.2 Å². The highest BCUT2D eigenvalue weighted by atomic mass is 16.6. The first-order valence-corrected chi connectivity index (χ1v) is 26.4. The number of carbonyl (C=O) groups excluding carboxylic acids is 4. The number of esters is 3. The van der Waals surface area contributed by atoms with Crippen LogP contribution in [0.5, 0.6) is 0 Å². The Hall–Kier alpha value is -4.27. The Balaban J connectivity index is 4.74. The Bertz CT molecular complexity index is 1390. The lowest BCUT2D eigenvalue weighted by Crippen LogP contribution is -2.46. The van der Waals surface area contributed by atoms with Gasteiger partial charge in [0.1, 0.15) is 19.3 Å². The molecule has 392 valence electrons. The first-order chi connectivity index (χ1) is 32.9. The molecule has 15 nitrogen and oxygen atoms in total. The van der Waals surface area contributed by atoms with Crippen molar-refractivity contribution in [3.8, 4) is 0 Å². The molecule has 0 heterocycles. The molecular formula is C53H92N2O13. The maximum absolute atomic E-state index is 12.8. The number of unbranched alkanes of at least 4 members (excludes halogenated alkanes) is 23. The number of rotatable bonds is 49. The third-order valence-electron chi connectivity index (χ3n) is 11.6. The number of hydrogen-bond donors (Lipinski definition) is 4. The predicted octanol–water partition coefficient (Wildman–Crippen LogP) is 11.1. The van der Waals surface area contributed by atoms with E-state index < -0.39 is 67.0 Å². The summed E-state index contributed by atoms with van der Waals surface area (Å²) in [5.74, 6) is -6.11.